The molecule has 0 aliphatic carbocycles. The van der Waals surface area contributed by atoms with Crippen molar-refractivity contribution in [3.63, 3.8) is 0 Å². The summed E-state index contributed by atoms with van der Waals surface area (Å²) in [4.78, 5) is 0. The molecular weight excluding hydrogens is 405 g/mol. The van der Waals surface area contributed by atoms with Crippen LogP contribution >= 0.6 is 7.26 Å². The standard InChI is InChI=1S/C27H23NP.ClH/c28-21-20-23-16-18-24(19-17-23)22-29(25-10-4-1-5-11-25,26-12-6-2-7-13-26)27-14-8-3-9-15-27;/h1-19H,20,22H2;1H/q+1;/p-1. The molecule has 4 aromatic carbocycles. The molecule has 0 aliphatic heterocycles. The fourth-order valence-electron chi connectivity index (χ4n) is 3.90. The first-order valence-electron chi connectivity index (χ1n) is 9.82. The normalized spacial score (nSPS) is 10.6. The fraction of sp³-hybridized carbons (Fsp3) is 0.0741. The van der Waals surface area contributed by atoms with E-state index in [4.69, 9.17) is 5.26 Å². The molecule has 0 fully saturated rings. The van der Waals surface area contributed by atoms with Gasteiger partial charge in [-0.3, -0.25) is 0 Å². The first-order chi connectivity index (χ1) is 14.3. The second-order valence-corrected chi connectivity index (χ2v) is 10.6. The molecule has 4 aromatic rings. The molecule has 0 heterocycles. The summed E-state index contributed by atoms with van der Waals surface area (Å²) in [6, 6.07) is 43.6. The zero-order chi connectivity index (χ0) is 19.9. The highest BCUT2D eigenvalue weighted by atomic mass is 35.5. The molecule has 0 atom stereocenters. The van der Waals surface area contributed by atoms with E-state index in [1.807, 2.05) is 0 Å². The summed E-state index contributed by atoms with van der Waals surface area (Å²) in [5.41, 5.74) is 2.37. The van der Waals surface area contributed by atoms with E-state index in [-0.39, 0.29) is 12.4 Å². The molecule has 0 radical (unpaired) electrons. The van der Waals surface area contributed by atoms with Gasteiger partial charge in [0.15, 0.2) is 0 Å². The highest BCUT2D eigenvalue weighted by molar-refractivity contribution is 7.95. The van der Waals surface area contributed by atoms with Crippen molar-refractivity contribution in [3.05, 3.63) is 126 Å². The first kappa shape index (κ1) is 21.8. The summed E-state index contributed by atoms with van der Waals surface area (Å²) in [6.45, 7) is 0. The number of halogens is 1. The number of rotatable bonds is 6. The second kappa shape index (κ2) is 10.2. The lowest BCUT2D eigenvalue weighted by molar-refractivity contribution is -0.00000592. The maximum atomic E-state index is 8.98. The van der Waals surface area contributed by atoms with Crippen LogP contribution in [-0.2, 0) is 12.6 Å². The Labute approximate surface area is 185 Å². The van der Waals surface area contributed by atoms with Gasteiger partial charge in [-0.25, -0.2) is 0 Å². The average molecular weight is 428 g/mol. The summed E-state index contributed by atoms with van der Waals surface area (Å²) >= 11 is 0. The minimum atomic E-state index is -1.87. The van der Waals surface area contributed by atoms with E-state index < -0.39 is 7.26 Å². The van der Waals surface area contributed by atoms with Crippen LogP contribution in [0.25, 0.3) is 0 Å². The lowest BCUT2D eigenvalue weighted by Crippen LogP contribution is -3.00. The van der Waals surface area contributed by atoms with E-state index in [2.05, 4.69) is 121 Å². The molecule has 0 spiro atoms. The Morgan fingerprint density at radius 3 is 1.27 bits per heavy atom. The molecule has 0 N–H and O–H groups in total. The largest absolute Gasteiger partial charge is 1.00 e. The molecular formula is C27H23ClNP. The van der Waals surface area contributed by atoms with Gasteiger partial charge in [0.25, 0.3) is 0 Å². The fourth-order valence-corrected chi connectivity index (χ4v) is 8.14. The van der Waals surface area contributed by atoms with Crippen molar-refractivity contribution in [1.82, 2.24) is 0 Å². The van der Waals surface area contributed by atoms with Crippen LogP contribution in [0.3, 0.4) is 0 Å². The molecule has 0 aliphatic rings. The summed E-state index contributed by atoms with van der Waals surface area (Å²) in [7, 11) is -1.87. The van der Waals surface area contributed by atoms with Gasteiger partial charge in [-0.2, -0.15) is 5.26 Å². The van der Waals surface area contributed by atoms with E-state index >= 15 is 0 Å². The van der Waals surface area contributed by atoms with Crippen molar-refractivity contribution >= 4 is 23.2 Å². The van der Waals surface area contributed by atoms with Crippen molar-refractivity contribution in [1.29, 1.82) is 5.26 Å². The molecule has 0 saturated carbocycles. The smallest absolute Gasteiger partial charge is 0.116 e. The minimum absolute atomic E-state index is 0. The van der Waals surface area contributed by atoms with Gasteiger partial charge in [-0.05, 0) is 47.5 Å². The Bertz CT molecular complexity index is 992. The Hall–Kier alpha value is -2.91. The monoisotopic (exact) mass is 427 g/mol. The molecule has 1 nitrogen and oxygen atoms in total. The lowest BCUT2D eigenvalue weighted by Gasteiger charge is -2.28. The third kappa shape index (κ3) is 4.47. The SMILES string of the molecule is N#CCc1ccc(C[P+](c2ccccc2)(c2ccccc2)c2ccccc2)cc1.[Cl-]. The topological polar surface area (TPSA) is 23.8 Å². The van der Waals surface area contributed by atoms with Crippen LogP contribution in [0.1, 0.15) is 11.1 Å². The molecule has 0 unspecified atom stereocenters. The zero-order valence-electron chi connectivity index (χ0n) is 16.7. The predicted octanol–water partition coefficient (Wildman–Crippen LogP) is 2.25. The maximum Gasteiger partial charge on any atom is 0.116 e. The van der Waals surface area contributed by atoms with Gasteiger partial charge in [0, 0.05) is 0 Å². The molecule has 3 heteroatoms. The highest BCUT2D eigenvalue weighted by Gasteiger charge is 2.45. The lowest BCUT2D eigenvalue weighted by atomic mass is 10.1. The minimum Gasteiger partial charge on any atom is -1.00 e. The van der Waals surface area contributed by atoms with Crippen molar-refractivity contribution in [2.75, 3.05) is 0 Å². The van der Waals surface area contributed by atoms with Gasteiger partial charge in [-0.1, -0.05) is 78.9 Å². The summed E-state index contributed by atoms with van der Waals surface area (Å²) in [6.07, 6.45) is 1.41. The number of benzene rings is 4. The summed E-state index contributed by atoms with van der Waals surface area (Å²) in [5, 5.41) is 13.1. The molecule has 148 valence electrons. The average Bonchev–Trinajstić information content (AvgIpc) is 2.80. The van der Waals surface area contributed by atoms with Gasteiger partial charge in [0.05, 0.1) is 18.7 Å². The van der Waals surface area contributed by atoms with Crippen molar-refractivity contribution < 1.29 is 12.4 Å². The van der Waals surface area contributed by atoms with Crippen LogP contribution in [0.15, 0.2) is 115 Å². The zero-order valence-corrected chi connectivity index (χ0v) is 18.3. The van der Waals surface area contributed by atoms with Crippen LogP contribution in [-0.4, -0.2) is 0 Å². The van der Waals surface area contributed by atoms with Crippen LogP contribution in [0.5, 0.6) is 0 Å². The van der Waals surface area contributed by atoms with Crippen molar-refractivity contribution in [3.8, 4) is 6.07 Å². The van der Waals surface area contributed by atoms with Crippen LogP contribution < -0.4 is 28.3 Å². The molecule has 30 heavy (non-hydrogen) atoms. The Morgan fingerprint density at radius 2 is 0.900 bits per heavy atom. The summed E-state index contributed by atoms with van der Waals surface area (Å²) in [5.74, 6) is 0. The molecule has 0 amide bonds. The Morgan fingerprint density at radius 1 is 0.533 bits per heavy atom. The van der Waals surface area contributed by atoms with Gasteiger partial charge < -0.3 is 12.4 Å². The van der Waals surface area contributed by atoms with E-state index in [1.54, 1.807) is 0 Å². The van der Waals surface area contributed by atoms with Gasteiger partial charge in [0.1, 0.15) is 23.2 Å². The van der Waals surface area contributed by atoms with E-state index in [0.29, 0.717) is 6.42 Å². The number of hydrogen-bond acceptors (Lipinski definition) is 1. The quantitative estimate of drug-likeness (QED) is 0.433. The summed E-state index contributed by atoms with van der Waals surface area (Å²) < 4.78 is 0. The van der Waals surface area contributed by atoms with Gasteiger partial charge in [0.2, 0.25) is 0 Å². The van der Waals surface area contributed by atoms with Crippen molar-refractivity contribution in [2.45, 2.75) is 12.6 Å². The number of nitrogens with zero attached hydrogens (tertiary/aromatic N) is 1. The Balaban J connectivity index is 0.00000256. The maximum absolute atomic E-state index is 8.98. The third-order valence-corrected chi connectivity index (χ3v) is 9.70. The number of nitriles is 1. The molecule has 0 saturated heterocycles. The molecule has 0 aromatic heterocycles. The number of hydrogen-bond donors (Lipinski definition) is 0. The van der Waals surface area contributed by atoms with Gasteiger partial charge >= 0.3 is 0 Å². The molecule has 0 bridgehead atoms. The highest BCUT2D eigenvalue weighted by Crippen LogP contribution is 2.58. The van der Waals surface area contributed by atoms with E-state index in [0.717, 1.165) is 11.7 Å². The van der Waals surface area contributed by atoms with E-state index in [1.165, 1.54) is 21.5 Å². The molecule has 4 rings (SSSR count). The Kier molecular flexibility index (Phi) is 7.42. The predicted molar refractivity (Wildman–Crippen MR) is 125 cm³/mol. The van der Waals surface area contributed by atoms with Crippen LogP contribution in [0.2, 0.25) is 0 Å². The van der Waals surface area contributed by atoms with Crippen LogP contribution in [0.4, 0.5) is 0 Å². The van der Waals surface area contributed by atoms with Crippen LogP contribution in [0, 0.1) is 11.3 Å². The third-order valence-electron chi connectivity index (χ3n) is 5.32. The van der Waals surface area contributed by atoms with E-state index in [9.17, 15) is 0 Å². The van der Waals surface area contributed by atoms with Crippen molar-refractivity contribution in [2.24, 2.45) is 0 Å². The first-order valence-corrected chi connectivity index (χ1v) is 11.8. The second-order valence-electron chi connectivity index (χ2n) is 7.13. The van der Waals surface area contributed by atoms with Gasteiger partial charge in [-0.15, -0.1) is 0 Å².